The third-order valence-electron chi connectivity index (χ3n) is 6.48. The van der Waals surface area contributed by atoms with Crippen LogP contribution in [0.15, 0.2) is 23.2 Å². The molecule has 2 N–H and O–H groups in total. The van der Waals surface area contributed by atoms with Crippen LogP contribution in [0.3, 0.4) is 0 Å². The maximum absolute atomic E-state index is 12.6. The number of hydrogen-bond donors (Lipinski definition) is 2. The van der Waals surface area contributed by atoms with Gasteiger partial charge in [0.1, 0.15) is 6.26 Å². The average molecular weight is 403 g/mol. The van der Waals surface area contributed by atoms with Gasteiger partial charge in [-0.25, -0.2) is 4.79 Å². The van der Waals surface area contributed by atoms with Crippen molar-refractivity contribution in [1.29, 1.82) is 0 Å². The molecule has 2 amide bonds. The van der Waals surface area contributed by atoms with E-state index in [2.05, 4.69) is 34.5 Å². The lowest BCUT2D eigenvalue weighted by atomic mass is 9.74. The van der Waals surface area contributed by atoms with Crippen LogP contribution in [0.25, 0.3) is 10.9 Å². The number of H-pyrrole nitrogens is 1. The molecular formula is C21H30N4O2S. The van der Waals surface area contributed by atoms with E-state index in [1.54, 1.807) is 6.26 Å². The summed E-state index contributed by atoms with van der Waals surface area (Å²) in [7, 11) is 2.16. The summed E-state index contributed by atoms with van der Waals surface area (Å²) >= 11 is -1.02. The fourth-order valence-corrected chi connectivity index (χ4v) is 5.61. The second-order valence-electron chi connectivity index (χ2n) is 8.08. The van der Waals surface area contributed by atoms with Gasteiger partial charge in [0.25, 0.3) is 0 Å². The van der Waals surface area contributed by atoms with E-state index in [1.807, 2.05) is 24.8 Å². The van der Waals surface area contributed by atoms with E-state index in [0.29, 0.717) is 25.0 Å². The van der Waals surface area contributed by atoms with Gasteiger partial charge in [0.2, 0.25) is 0 Å². The van der Waals surface area contributed by atoms with E-state index in [1.165, 1.54) is 16.5 Å². The normalized spacial score (nSPS) is 25.4. The highest BCUT2D eigenvalue weighted by atomic mass is 32.2. The minimum Gasteiger partial charge on any atom is -0.612 e. The van der Waals surface area contributed by atoms with Crippen LogP contribution >= 0.6 is 0 Å². The molecule has 1 aromatic heterocycles. The van der Waals surface area contributed by atoms with Gasteiger partial charge in [-0.1, -0.05) is 0 Å². The number of nitrogens with one attached hydrogen (secondary N) is 2. The van der Waals surface area contributed by atoms with Gasteiger partial charge < -0.3 is 24.7 Å². The Morgan fingerprint density at radius 2 is 2.14 bits per heavy atom. The number of carbonyl (C=O) groups excluding carboxylic acids is 1. The first kappa shape index (κ1) is 19.6. The second-order valence-corrected chi connectivity index (χ2v) is 9.45. The van der Waals surface area contributed by atoms with Crippen LogP contribution in [-0.2, 0) is 17.6 Å². The van der Waals surface area contributed by atoms with Crippen LogP contribution in [0, 0.1) is 0 Å². The summed E-state index contributed by atoms with van der Waals surface area (Å²) in [5.41, 5.74) is 3.70. The molecule has 6 nitrogen and oxygen atoms in total. The van der Waals surface area contributed by atoms with Gasteiger partial charge in [0.05, 0.1) is 5.52 Å². The number of aromatic amines is 1. The first-order chi connectivity index (χ1) is 13.4. The number of rotatable bonds is 4. The number of piperidine rings is 1. The number of urea groups is 1. The molecular weight excluding hydrogens is 372 g/mol. The van der Waals surface area contributed by atoms with Gasteiger partial charge in [0.15, 0.2) is 4.90 Å². The van der Waals surface area contributed by atoms with Gasteiger partial charge >= 0.3 is 6.03 Å². The first-order valence-corrected chi connectivity index (χ1v) is 11.7. The highest BCUT2D eigenvalue weighted by Gasteiger charge is 2.40. The van der Waals surface area contributed by atoms with Crippen LogP contribution in [0.5, 0.6) is 0 Å². The van der Waals surface area contributed by atoms with Crippen molar-refractivity contribution in [2.45, 2.75) is 49.6 Å². The molecule has 1 aliphatic heterocycles. The molecule has 2 aromatic rings. The molecule has 2 unspecified atom stereocenters. The number of carbonyl (C=O) groups is 1. The predicted molar refractivity (Wildman–Crippen MR) is 113 cm³/mol. The molecule has 1 fully saturated rings. The Hall–Kier alpha value is -1.70. The monoisotopic (exact) mass is 402 g/mol. The Labute approximate surface area is 169 Å². The van der Waals surface area contributed by atoms with E-state index in [0.717, 1.165) is 29.8 Å². The molecule has 2 heterocycles. The zero-order valence-electron chi connectivity index (χ0n) is 17.1. The summed E-state index contributed by atoms with van der Waals surface area (Å²) in [6, 6.07) is 4.70. The molecule has 1 aliphatic carbocycles. The summed E-state index contributed by atoms with van der Waals surface area (Å²) in [5, 5.41) is 4.54. The minimum atomic E-state index is -1.02. The topological polar surface area (TPSA) is 74.4 Å². The Kier molecular flexibility index (Phi) is 5.33. The molecule has 7 heteroatoms. The molecule has 2 aliphatic rings. The largest absolute Gasteiger partial charge is 0.612 e. The van der Waals surface area contributed by atoms with Crippen molar-refractivity contribution in [3.05, 3.63) is 29.5 Å². The number of fused-ring (bicyclic) bond motifs is 2. The van der Waals surface area contributed by atoms with Crippen LogP contribution in [0.4, 0.5) is 4.79 Å². The van der Waals surface area contributed by atoms with Crippen LogP contribution < -0.4 is 5.32 Å². The molecule has 4 atom stereocenters. The minimum absolute atomic E-state index is 0.0218. The fraction of sp³-hybridized carbons (Fsp3) is 0.571. The molecule has 152 valence electrons. The van der Waals surface area contributed by atoms with E-state index >= 15 is 0 Å². The molecule has 4 rings (SSSR count). The summed E-state index contributed by atoms with van der Waals surface area (Å²) in [4.78, 5) is 21.1. The number of benzene rings is 1. The van der Waals surface area contributed by atoms with E-state index in [4.69, 9.17) is 0 Å². The zero-order chi connectivity index (χ0) is 20.0. The molecule has 0 spiro atoms. The molecule has 28 heavy (non-hydrogen) atoms. The Morgan fingerprint density at radius 1 is 1.39 bits per heavy atom. The lowest BCUT2D eigenvalue weighted by Gasteiger charge is -2.46. The van der Waals surface area contributed by atoms with Gasteiger partial charge in [-0.2, -0.15) is 0 Å². The third kappa shape index (κ3) is 3.29. The third-order valence-corrected chi connectivity index (χ3v) is 7.38. The molecule has 0 radical (unpaired) electrons. The lowest BCUT2D eigenvalue weighted by Crippen LogP contribution is -2.56. The number of likely N-dealkylation sites (tertiary alicyclic amines) is 1. The maximum Gasteiger partial charge on any atom is 0.317 e. The number of amides is 2. The van der Waals surface area contributed by atoms with Crippen molar-refractivity contribution in [3.8, 4) is 0 Å². The van der Waals surface area contributed by atoms with E-state index < -0.39 is 11.2 Å². The smallest absolute Gasteiger partial charge is 0.317 e. The van der Waals surface area contributed by atoms with Crippen molar-refractivity contribution in [1.82, 2.24) is 20.1 Å². The van der Waals surface area contributed by atoms with E-state index in [-0.39, 0.29) is 12.1 Å². The van der Waals surface area contributed by atoms with Gasteiger partial charge in [-0.05, 0) is 62.1 Å². The Bertz CT molecular complexity index is 877. The van der Waals surface area contributed by atoms with Crippen LogP contribution in [0.2, 0.25) is 0 Å². The highest BCUT2D eigenvalue weighted by molar-refractivity contribution is 7.90. The van der Waals surface area contributed by atoms with Crippen molar-refractivity contribution in [2.24, 2.45) is 0 Å². The first-order valence-electron chi connectivity index (χ1n) is 10.2. The molecule has 0 saturated carbocycles. The van der Waals surface area contributed by atoms with Crippen LogP contribution in [-0.4, -0.2) is 70.4 Å². The SMILES string of the molecule is CCN(CC)C(=O)N[C@H]1CC2c3cc([S+](C)[O-])cc4[nH]cc(c34)C[C@H]2N(C)C1. The van der Waals surface area contributed by atoms with Crippen molar-refractivity contribution >= 4 is 28.1 Å². The van der Waals surface area contributed by atoms with E-state index in [9.17, 15) is 9.35 Å². The summed E-state index contributed by atoms with van der Waals surface area (Å²) in [6.45, 7) is 6.31. The fourth-order valence-electron chi connectivity index (χ4n) is 5.03. The second kappa shape index (κ2) is 7.61. The summed E-state index contributed by atoms with van der Waals surface area (Å²) < 4.78 is 12.2. The molecule has 0 bridgehead atoms. The summed E-state index contributed by atoms with van der Waals surface area (Å²) in [5.74, 6) is 0.329. The number of likely N-dealkylation sites (N-methyl/N-ethyl adjacent to an activating group) is 1. The standard InChI is InChI=1S/C21H30N4O2S/c1-5-25(6-2)21(26)23-14-8-16-17-9-15(28(4)27)10-18-20(17)13(11-22-18)7-19(16)24(3)12-14/h9-11,14,16,19,22H,5-8,12H2,1-4H3,(H,23,26)/t14-,16?,19+,28?/m0/s1. The highest BCUT2D eigenvalue weighted by Crippen LogP contribution is 2.44. The van der Waals surface area contributed by atoms with Crippen LogP contribution in [0.1, 0.15) is 37.3 Å². The Morgan fingerprint density at radius 3 is 2.82 bits per heavy atom. The van der Waals surface area contributed by atoms with Gasteiger partial charge in [-0.3, -0.25) is 0 Å². The quantitative estimate of drug-likeness (QED) is 0.772. The number of aromatic nitrogens is 1. The number of nitrogens with zero attached hydrogens (tertiary/aromatic N) is 2. The Balaban J connectivity index is 1.66. The summed E-state index contributed by atoms with van der Waals surface area (Å²) in [6.07, 6.45) is 5.77. The van der Waals surface area contributed by atoms with Crippen molar-refractivity contribution in [2.75, 3.05) is 32.9 Å². The molecule has 1 saturated heterocycles. The van der Waals surface area contributed by atoms with Crippen molar-refractivity contribution < 1.29 is 9.35 Å². The molecule has 1 aromatic carbocycles. The number of hydrogen-bond acceptors (Lipinski definition) is 3. The predicted octanol–water partition coefficient (Wildman–Crippen LogP) is 2.67. The van der Waals surface area contributed by atoms with Gasteiger partial charge in [-0.15, -0.1) is 0 Å². The lowest BCUT2D eigenvalue weighted by molar-refractivity contribution is 0.124. The van der Waals surface area contributed by atoms with Crippen molar-refractivity contribution in [3.63, 3.8) is 0 Å². The average Bonchev–Trinajstić information content (AvgIpc) is 3.07. The van der Waals surface area contributed by atoms with Gasteiger partial charge in [0, 0.05) is 55.3 Å². The zero-order valence-corrected chi connectivity index (χ0v) is 17.9. The maximum atomic E-state index is 12.6.